The Bertz CT molecular complexity index is 676. The lowest BCUT2D eigenvalue weighted by Gasteiger charge is -2.10. The molecular weight excluding hydrogens is 406 g/mol. The van der Waals surface area contributed by atoms with E-state index in [1.807, 2.05) is 12.1 Å². The highest BCUT2D eigenvalue weighted by atomic mass is 79.9. The van der Waals surface area contributed by atoms with Gasteiger partial charge in [0.25, 0.3) is 0 Å². The van der Waals surface area contributed by atoms with Crippen molar-refractivity contribution in [2.75, 3.05) is 7.11 Å². The lowest BCUT2D eigenvalue weighted by Crippen LogP contribution is -1.95. The van der Waals surface area contributed by atoms with Gasteiger partial charge in [0.1, 0.15) is 11.5 Å². The number of hydrogen-bond acceptors (Lipinski definition) is 4. The first-order valence-electron chi connectivity index (χ1n) is 5.90. The normalized spacial score (nSPS) is 10.2. The smallest absolute Gasteiger partial charge is 0.315 e. The molecule has 0 atom stereocenters. The van der Waals surface area contributed by atoms with Crippen molar-refractivity contribution < 1.29 is 14.4 Å². The fraction of sp³-hybridized carbons (Fsp3) is 0.143. The van der Waals surface area contributed by atoms with Crippen molar-refractivity contribution in [3.05, 3.63) is 56.5 Å². The Balaban J connectivity index is 2.37. The second kappa shape index (κ2) is 6.91. The number of nitrogens with zero attached hydrogens (tertiary/aromatic N) is 1. The molecule has 5 nitrogen and oxygen atoms in total. The third-order valence-electron chi connectivity index (χ3n) is 2.73. The number of nitro benzene ring substituents is 1. The second-order valence-corrected chi connectivity index (χ2v) is 5.51. The molecule has 0 saturated carbocycles. The van der Waals surface area contributed by atoms with E-state index in [0.29, 0.717) is 16.8 Å². The summed E-state index contributed by atoms with van der Waals surface area (Å²) in [6.07, 6.45) is 0. The van der Waals surface area contributed by atoms with E-state index in [4.69, 9.17) is 9.47 Å². The van der Waals surface area contributed by atoms with Gasteiger partial charge >= 0.3 is 5.69 Å². The van der Waals surface area contributed by atoms with Crippen LogP contribution >= 0.6 is 31.9 Å². The van der Waals surface area contributed by atoms with Crippen LogP contribution in [0.25, 0.3) is 0 Å². The van der Waals surface area contributed by atoms with Crippen LogP contribution in [0.5, 0.6) is 17.2 Å². The maximum Gasteiger partial charge on any atom is 0.315 e. The number of ether oxygens (including phenoxy) is 2. The summed E-state index contributed by atoms with van der Waals surface area (Å²) >= 11 is 6.76. The Hall–Kier alpha value is -1.60. The molecule has 0 N–H and O–H groups in total. The molecule has 0 radical (unpaired) electrons. The number of rotatable bonds is 5. The molecule has 2 aromatic carbocycles. The van der Waals surface area contributed by atoms with Crippen LogP contribution in [-0.4, -0.2) is 12.0 Å². The van der Waals surface area contributed by atoms with Gasteiger partial charge in [0.05, 0.1) is 22.6 Å². The molecule has 0 aromatic heterocycles. The fourth-order valence-electron chi connectivity index (χ4n) is 1.68. The van der Waals surface area contributed by atoms with Crippen molar-refractivity contribution in [3.63, 3.8) is 0 Å². The molecule has 0 fully saturated rings. The zero-order valence-electron chi connectivity index (χ0n) is 11.0. The van der Waals surface area contributed by atoms with E-state index in [1.54, 1.807) is 12.1 Å². The van der Waals surface area contributed by atoms with Crippen molar-refractivity contribution in [2.45, 2.75) is 5.33 Å². The molecule has 0 saturated heterocycles. The lowest BCUT2D eigenvalue weighted by molar-refractivity contribution is -0.385. The number of alkyl halides is 1. The number of benzene rings is 2. The minimum absolute atomic E-state index is 0.147. The average Bonchev–Trinajstić information content (AvgIpc) is 2.49. The van der Waals surface area contributed by atoms with Crippen molar-refractivity contribution in [3.8, 4) is 17.2 Å². The van der Waals surface area contributed by atoms with E-state index >= 15 is 0 Å². The van der Waals surface area contributed by atoms with Gasteiger partial charge in [-0.1, -0.05) is 22.0 Å². The Morgan fingerprint density at radius 1 is 1.19 bits per heavy atom. The van der Waals surface area contributed by atoms with Crippen molar-refractivity contribution in [2.24, 2.45) is 0 Å². The van der Waals surface area contributed by atoms with Gasteiger partial charge in [0.15, 0.2) is 0 Å². The van der Waals surface area contributed by atoms with Crippen LogP contribution in [-0.2, 0) is 5.33 Å². The molecule has 0 bridgehead atoms. The largest absolute Gasteiger partial charge is 0.496 e. The molecule has 7 heteroatoms. The lowest BCUT2D eigenvalue weighted by atomic mass is 10.2. The van der Waals surface area contributed by atoms with Crippen LogP contribution in [0.3, 0.4) is 0 Å². The van der Waals surface area contributed by atoms with Crippen LogP contribution in [0.4, 0.5) is 5.69 Å². The first-order valence-corrected chi connectivity index (χ1v) is 7.81. The quantitative estimate of drug-likeness (QED) is 0.388. The maximum atomic E-state index is 11.1. The summed E-state index contributed by atoms with van der Waals surface area (Å²) in [4.78, 5) is 10.6. The Morgan fingerprint density at radius 2 is 1.90 bits per heavy atom. The van der Waals surface area contributed by atoms with Crippen molar-refractivity contribution >= 4 is 37.5 Å². The summed E-state index contributed by atoms with van der Waals surface area (Å²) in [5.41, 5.74) is 0.921. The van der Waals surface area contributed by atoms with Crippen molar-refractivity contribution in [1.29, 1.82) is 0 Å². The molecule has 110 valence electrons. The second-order valence-electron chi connectivity index (χ2n) is 4.09. The SMILES string of the molecule is COc1ccc(Oc2ccc(CBr)cc2Br)c([N+](=O)[O-])c1. The average molecular weight is 417 g/mol. The molecule has 0 spiro atoms. The number of halogens is 2. The van der Waals surface area contributed by atoms with Gasteiger partial charge in [-0.15, -0.1) is 0 Å². The molecule has 0 unspecified atom stereocenters. The summed E-state index contributed by atoms with van der Waals surface area (Å²) in [5.74, 6) is 1.07. The van der Waals surface area contributed by atoms with Gasteiger partial charge in [-0.25, -0.2) is 0 Å². The molecule has 0 aliphatic carbocycles. The topological polar surface area (TPSA) is 61.6 Å². The Kier molecular flexibility index (Phi) is 5.19. The van der Waals surface area contributed by atoms with Gasteiger partial charge in [0, 0.05) is 5.33 Å². The van der Waals surface area contributed by atoms with E-state index in [2.05, 4.69) is 31.9 Å². The van der Waals surface area contributed by atoms with E-state index in [1.165, 1.54) is 19.2 Å². The monoisotopic (exact) mass is 415 g/mol. The first-order chi connectivity index (χ1) is 10.0. The molecular formula is C14H11Br2NO4. The van der Waals surface area contributed by atoms with Crippen LogP contribution in [0.1, 0.15) is 5.56 Å². The minimum Gasteiger partial charge on any atom is -0.496 e. The standard InChI is InChI=1S/C14H11Br2NO4/c1-20-10-3-5-14(12(7-10)17(18)19)21-13-4-2-9(8-15)6-11(13)16/h2-7H,8H2,1H3. The molecule has 0 aliphatic heterocycles. The van der Waals surface area contributed by atoms with Crippen LogP contribution in [0, 0.1) is 10.1 Å². The predicted molar refractivity (Wildman–Crippen MR) is 86.5 cm³/mol. The third-order valence-corrected chi connectivity index (χ3v) is 4.00. The third kappa shape index (κ3) is 3.74. The molecule has 0 amide bonds. The zero-order valence-corrected chi connectivity index (χ0v) is 14.2. The first kappa shape index (κ1) is 15.8. The van der Waals surface area contributed by atoms with Gasteiger partial charge in [-0.2, -0.15) is 0 Å². The summed E-state index contributed by atoms with van der Waals surface area (Å²) < 4.78 is 11.4. The number of nitro groups is 1. The summed E-state index contributed by atoms with van der Waals surface area (Å²) in [5, 5.41) is 11.8. The van der Waals surface area contributed by atoms with Gasteiger partial charge < -0.3 is 9.47 Å². The minimum atomic E-state index is -0.501. The van der Waals surface area contributed by atoms with Crippen LogP contribution in [0.15, 0.2) is 40.9 Å². The van der Waals surface area contributed by atoms with E-state index in [9.17, 15) is 10.1 Å². The van der Waals surface area contributed by atoms with E-state index in [0.717, 1.165) is 10.0 Å². The number of methoxy groups -OCH3 is 1. The van der Waals surface area contributed by atoms with E-state index < -0.39 is 4.92 Å². The number of hydrogen-bond donors (Lipinski definition) is 0. The Morgan fingerprint density at radius 3 is 2.48 bits per heavy atom. The van der Waals surface area contributed by atoms with Crippen LogP contribution < -0.4 is 9.47 Å². The van der Waals surface area contributed by atoms with Gasteiger partial charge in [0.2, 0.25) is 5.75 Å². The fourth-order valence-corrected chi connectivity index (χ4v) is 2.54. The molecule has 21 heavy (non-hydrogen) atoms. The van der Waals surface area contributed by atoms with Crippen LogP contribution in [0.2, 0.25) is 0 Å². The van der Waals surface area contributed by atoms with Crippen molar-refractivity contribution in [1.82, 2.24) is 0 Å². The molecule has 2 rings (SSSR count). The molecule has 0 aliphatic rings. The highest BCUT2D eigenvalue weighted by Gasteiger charge is 2.18. The zero-order chi connectivity index (χ0) is 15.4. The highest BCUT2D eigenvalue weighted by molar-refractivity contribution is 9.10. The van der Waals surface area contributed by atoms with Gasteiger partial charge in [-0.3, -0.25) is 10.1 Å². The molecule has 0 heterocycles. The highest BCUT2D eigenvalue weighted by Crippen LogP contribution is 2.37. The summed E-state index contributed by atoms with van der Waals surface area (Å²) in [6, 6.07) is 9.99. The molecule has 2 aromatic rings. The summed E-state index contributed by atoms with van der Waals surface area (Å²) in [7, 11) is 1.45. The van der Waals surface area contributed by atoms with E-state index in [-0.39, 0.29) is 11.4 Å². The maximum absolute atomic E-state index is 11.1. The summed E-state index contributed by atoms with van der Waals surface area (Å²) in [6.45, 7) is 0. The predicted octanol–water partition coefficient (Wildman–Crippen LogP) is 5.05. The Labute approximate surface area is 138 Å². The van der Waals surface area contributed by atoms with Gasteiger partial charge in [-0.05, 0) is 45.8 Å².